The van der Waals surface area contributed by atoms with Crippen molar-refractivity contribution >= 4 is 17.8 Å². The molecule has 7 heteroatoms. The van der Waals surface area contributed by atoms with Gasteiger partial charge in [0.05, 0.1) is 6.10 Å². The summed E-state index contributed by atoms with van der Waals surface area (Å²) in [4.78, 5) is 18.2. The summed E-state index contributed by atoms with van der Waals surface area (Å²) in [7, 11) is 3.64. The number of hydrogen-bond donors (Lipinski definition) is 1. The zero-order valence-electron chi connectivity index (χ0n) is 12.9. The third kappa shape index (κ3) is 3.18. The number of hydrogen-bond acceptors (Lipinski definition) is 7. The predicted molar refractivity (Wildman–Crippen MR) is 83.1 cm³/mol. The standard InChI is InChI=1S/C14H24N6O/c1-15-12-16-13(19-7-3-4-8-19)18-14(17-12)20-9-5-11(21-2)6-10-20/h11H,3-10H2,1-2H3,(H,15,16,17,18). The minimum absolute atomic E-state index is 0.366. The normalized spacial score (nSPS) is 20.1. The van der Waals surface area contributed by atoms with Gasteiger partial charge in [-0.05, 0) is 25.7 Å². The molecular weight excluding hydrogens is 268 g/mol. The summed E-state index contributed by atoms with van der Waals surface area (Å²) in [6.07, 6.45) is 4.85. The van der Waals surface area contributed by atoms with E-state index >= 15 is 0 Å². The number of aromatic nitrogens is 3. The molecule has 0 unspecified atom stereocenters. The lowest BCUT2D eigenvalue weighted by Crippen LogP contribution is -2.38. The lowest BCUT2D eigenvalue weighted by atomic mass is 10.1. The van der Waals surface area contributed by atoms with Crippen LogP contribution in [-0.2, 0) is 4.74 Å². The Morgan fingerprint density at radius 3 is 2.05 bits per heavy atom. The van der Waals surface area contributed by atoms with Crippen LogP contribution in [0.4, 0.5) is 17.8 Å². The van der Waals surface area contributed by atoms with E-state index in [1.165, 1.54) is 12.8 Å². The zero-order valence-corrected chi connectivity index (χ0v) is 12.9. The third-order valence-electron chi connectivity index (χ3n) is 4.28. The summed E-state index contributed by atoms with van der Waals surface area (Å²) in [6, 6.07) is 0. The van der Waals surface area contributed by atoms with Crippen LogP contribution in [-0.4, -0.2) is 61.4 Å². The van der Waals surface area contributed by atoms with E-state index in [0.29, 0.717) is 12.1 Å². The molecule has 1 N–H and O–H groups in total. The molecule has 2 saturated heterocycles. The van der Waals surface area contributed by atoms with E-state index in [2.05, 4.69) is 30.1 Å². The number of ether oxygens (including phenoxy) is 1. The molecule has 2 fully saturated rings. The van der Waals surface area contributed by atoms with Gasteiger partial charge in [-0.3, -0.25) is 0 Å². The molecule has 1 aromatic rings. The molecule has 3 rings (SSSR count). The second-order valence-electron chi connectivity index (χ2n) is 5.63. The molecule has 2 aliphatic heterocycles. The van der Waals surface area contributed by atoms with Crippen molar-refractivity contribution in [1.82, 2.24) is 15.0 Å². The molecule has 0 spiro atoms. The van der Waals surface area contributed by atoms with Crippen LogP contribution in [0.15, 0.2) is 0 Å². The van der Waals surface area contributed by atoms with Gasteiger partial charge in [0.1, 0.15) is 0 Å². The maximum absolute atomic E-state index is 5.42. The van der Waals surface area contributed by atoms with E-state index in [1.54, 1.807) is 7.11 Å². The summed E-state index contributed by atoms with van der Waals surface area (Å²) in [5, 5.41) is 3.05. The average molecular weight is 292 g/mol. The molecule has 21 heavy (non-hydrogen) atoms. The molecule has 0 radical (unpaired) electrons. The quantitative estimate of drug-likeness (QED) is 0.892. The first kappa shape index (κ1) is 14.3. The number of anilines is 3. The summed E-state index contributed by atoms with van der Waals surface area (Å²) >= 11 is 0. The highest BCUT2D eigenvalue weighted by Crippen LogP contribution is 2.23. The van der Waals surface area contributed by atoms with Crippen molar-refractivity contribution in [2.75, 3.05) is 55.5 Å². The van der Waals surface area contributed by atoms with Crippen molar-refractivity contribution in [3.63, 3.8) is 0 Å². The van der Waals surface area contributed by atoms with Crippen molar-refractivity contribution in [1.29, 1.82) is 0 Å². The highest BCUT2D eigenvalue weighted by atomic mass is 16.5. The number of nitrogens with zero attached hydrogens (tertiary/aromatic N) is 5. The van der Waals surface area contributed by atoms with Crippen LogP contribution < -0.4 is 15.1 Å². The lowest BCUT2D eigenvalue weighted by molar-refractivity contribution is 0.0816. The van der Waals surface area contributed by atoms with Gasteiger partial charge in [-0.25, -0.2) is 0 Å². The number of nitrogens with one attached hydrogen (secondary N) is 1. The summed E-state index contributed by atoms with van der Waals surface area (Å²) in [5.41, 5.74) is 0. The molecule has 2 aliphatic rings. The molecule has 0 aromatic carbocycles. The second-order valence-corrected chi connectivity index (χ2v) is 5.63. The first-order valence-electron chi connectivity index (χ1n) is 7.76. The van der Waals surface area contributed by atoms with E-state index in [9.17, 15) is 0 Å². The Kier molecular flexibility index (Phi) is 4.38. The van der Waals surface area contributed by atoms with E-state index in [-0.39, 0.29) is 0 Å². The smallest absolute Gasteiger partial charge is 0.231 e. The summed E-state index contributed by atoms with van der Waals surface area (Å²) in [6.45, 7) is 3.95. The molecule has 0 amide bonds. The molecule has 3 heterocycles. The zero-order chi connectivity index (χ0) is 14.7. The van der Waals surface area contributed by atoms with Gasteiger partial charge in [-0.15, -0.1) is 0 Å². The van der Waals surface area contributed by atoms with E-state index in [0.717, 1.165) is 50.9 Å². The molecule has 116 valence electrons. The van der Waals surface area contributed by atoms with E-state index in [1.807, 2.05) is 7.05 Å². The Balaban J connectivity index is 1.79. The van der Waals surface area contributed by atoms with Gasteiger partial charge >= 0.3 is 0 Å². The molecule has 0 bridgehead atoms. The predicted octanol–water partition coefficient (Wildman–Crippen LogP) is 1.13. The van der Waals surface area contributed by atoms with Crippen molar-refractivity contribution in [3.05, 3.63) is 0 Å². The lowest BCUT2D eigenvalue weighted by Gasteiger charge is -2.31. The first-order chi connectivity index (χ1) is 10.3. The van der Waals surface area contributed by atoms with Gasteiger partial charge < -0.3 is 19.9 Å². The van der Waals surface area contributed by atoms with Crippen LogP contribution in [0.2, 0.25) is 0 Å². The van der Waals surface area contributed by atoms with Crippen LogP contribution in [0.3, 0.4) is 0 Å². The average Bonchev–Trinajstić information content (AvgIpc) is 3.09. The Morgan fingerprint density at radius 2 is 1.52 bits per heavy atom. The maximum atomic E-state index is 5.42. The molecule has 0 atom stereocenters. The Hall–Kier alpha value is -1.63. The third-order valence-corrected chi connectivity index (χ3v) is 4.28. The Morgan fingerprint density at radius 1 is 0.952 bits per heavy atom. The van der Waals surface area contributed by atoms with Crippen molar-refractivity contribution in [3.8, 4) is 0 Å². The Bertz CT molecular complexity index is 469. The second kappa shape index (κ2) is 6.43. The largest absolute Gasteiger partial charge is 0.381 e. The van der Waals surface area contributed by atoms with Crippen molar-refractivity contribution < 1.29 is 4.74 Å². The number of methoxy groups -OCH3 is 1. The van der Waals surface area contributed by atoms with Gasteiger partial charge in [0.15, 0.2) is 0 Å². The topological polar surface area (TPSA) is 66.4 Å². The molecule has 1 aromatic heterocycles. The fraction of sp³-hybridized carbons (Fsp3) is 0.786. The van der Waals surface area contributed by atoms with Crippen LogP contribution in [0.25, 0.3) is 0 Å². The van der Waals surface area contributed by atoms with Crippen LogP contribution in [0.1, 0.15) is 25.7 Å². The molecule has 0 aliphatic carbocycles. The molecular formula is C14H24N6O. The van der Waals surface area contributed by atoms with Gasteiger partial charge in [-0.1, -0.05) is 0 Å². The van der Waals surface area contributed by atoms with Gasteiger partial charge in [0.25, 0.3) is 0 Å². The first-order valence-corrected chi connectivity index (χ1v) is 7.76. The van der Waals surface area contributed by atoms with E-state index < -0.39 is 0 Å². The van der Waals surface area contributed by atoms with Crippen LogP contribution in [0, 0.1) is 0 Å². The Labute approximate surface area is 125 Å². The van der Waals surface area contributed by atoms with Crippen molar-refractivity contribution in [2.45, 2.75) is 31.8 Å². The minimum atomic E-state index is 0.366. The fourth-order valence-corrected chi connectivity index (χ4v) is 2.96. The van der Waals surface area contributed by atoms with Gasteiger partial charge in [0, 0.05) is 40.3 Å². The minimum Gasteiger partial charge on any atom is -0.381 e. The summed E-state index contributed by atoms with van der Waals surface area (Å²) in [5.74, 6) is 2.23. The monoisotopic (exact) mass is 292 g/mol. The van der Waals surface area contributed by atoms with Gasteiger partial charge in [-0.2, -0.15) is 15.0 Å². The maximum Gasteiger partial charge on any atom is 0.231 e. The summed E-state index contributed by atoms with van der Waals surface area (Å²) < 4.78 is 5.42. The van der Waals surface area contributed by atoms with Gasteiger partial charge in [0.2, 0.25) is 17.8 Å². The fourth-order valence-electron chi connectivity index (χ4n) is 2.96. The van der Waals surface area contributed by atoms with E-state index in [4.69, 9.17) is 4.74 Å². The number of rotatable bonds is 4. The SMILES string of the molecule is CNc1nc(N2CCCC2)nc(N2CCC(OC)CC2)n1. The van der Waals surface area contributed by atoms with Crippen LogP contribution >= 0.6 is 0 Å². The van der Waals surface area contributed by atoms with Crippen molar-refractivity contribution in [2.24, 2.45) is 0 Å². The van der Waals surface area contributed by atoms with Crippen LogP contribution in [0.5, 0.6) is 0 Å². The molecule has 7 nitrogen and oxygen atoms in total. The highest BCUT2D eigenvalue weighted by Gasteiger charge is 2.23. The molecule has 0 saturated carbocycles. The highest BCUT2D eigenvalue weighted by molar-refractivity contribution is 5.45. The number of piperidine rings is 1.